The lowest BCUT2D eigenvalue weighted by Gasteiger charge is -2.09. The minimum Gasteiger partial charge on any atom is -0.479 e. The van der Waals surface area contributed by atoms with Crippen molar-refractivity contribution in [2.75, 3.05) is 0 Å². The molecule has 0 fully saturated rings. The molecule has 0 aromatic carbocycles. The highest BCUT2D eigenvalue weighted by Gasteiger charge is 2.26. The smallest absolute Gasteiger partial charge is 0.335 e. The first-order chi connectivity index (χ1) is 5.63. The quantitative estimate of drug-likeness (QED) is 0.603. The van der Waals surface area contributed by atoms with Gasteiger partial charge in [0.2, 0.25) is 0 Å². The predicted molar refractivity (Wildman–Crippen MR) is 40.7 cm³/mol. The molecule has 0 saturated carbocycles. The summed E-state index contributed by atoms with van der Waals surface area (Å²) in [6, 6.07) is 0. The van der Waals surface area contributed by atoms with E-state index in [-0.39, 0.29) is 5.01 Å². The zero-order chi connectivity index (χ0) is 9.14. The summed E-state index contributed by atoms with van der Waals surface area (Å²) in [7, 11) is 0. The van der Waals surface area contributed by atoms with Crippen molar-refractivity contribution in [3.63, 3.8) is 0 Å². The highest BCUT2D eigenvalue weighted by molar-refractivity contribution is 7.09. The number of aromatic nitrogens is 1. The second-order valence-electron chi connectivity index (χ2n) is 2.10. The van der Waals surface area contributed by atoms with E-state index in [1.165, 1.54) is 6.20 Å². The molecule has 2 unspecified atom stereocenters. The lowest BCUT2D eigenvalue weighted by atomic mass is 10.2. The Morgan fingerprint density at radius 2 is 2.25 bits per heavy atom. The van der Waals surface area contributed by atoms with Gasteiger partial charge in [-0.3, -0.25) is 0 Å². The van der Waals surface area contributed by atoms with Crippen molar-refractivity contribution in [1.82, 2.24) is 4.98 Å². The maximum atomic E-state index is 10.2. The Kier molecular flexibility index (Phi) is 2.74. The first-order valence-corrected chi connectivity index (χ1v) is 3.99. The van der Waals surface area contributed by atoms with Gasteiger partial charge in [-0.05, 0) is 0 Å². The van der Waals surface area contributed by atoms with Crippen LogP contribution in [-0.2, 0) is 4.79 Å². The van der Waals surface area contributed by atoms with Gasteiger partial charge in [0, 0.05) is 11.6 Å². The highest BCUT2D eigenvalue weighted by atomic mass is 32.1. The number of aliphatic hydroxyl groups excluding tert-OH is 2. The van der Waals surface area contributed by atoms with Crippen molar-refractivity contribution < 1.29 is 20.1 Å². The molecule has 1 aromatic rings. The lowest BCUT2D eigenvalue weighted by molar-refractivity contribution is -0.153. The van der Waals surface area contributed by atoms with E-state index < -0.39 is 18.2 Å². The van der Waals surface area contributed by atoms with Gasteiger partial charge in [0.05, 0.1) is 0 Å². The SMILES string of the molecule is O=C(O)C(O)C(O)c1nccs1. The number of carboxylic acids is 1. The Hall–Kier alpha value is -0.980. The molecule has 1 heterocycles. The topological polar surface area (TPSA) is 90.7 Å². The zero-order valence-electron chi connectivity index (χ0n) is 5.91. The molecule has 0 amide bonds. The molecule has 5 nitrogen and oxygen atoms in total. The third-order valence-corrected chi connectivity index (χ3v) is 2.10. The summed E-state index contributed by atoms with van der Waals surface area (Å²) in [5.74, 6) is -1.46. The van der Waals surface area contributed by atoms with E-state index in [9.17, 15) is 4.79 Å². The number of aliphatic carboxylic acids is 1. The van der Waals surface area contributed by atoms with Crippen molar-refractivity contribution >= 4 is 17.3 Å². The standard InChI is InChI=1S/C6H7NO4S/c8-3(4(9)6(10)11)5-7-1-2-12-5/h1-4,8-9H,(H,10,11). The van der Waals surface area contributed by atoms with Crippen LogP contribution in [0.15, 0.2) is 11.6 Å². The monoisotopic (exact) mass is 189 g/mol. The lowest BCUT2D eigenvalue weighted by Crippen LogP contribution is -2.27. The number of thiazole rings is 1. The van der Waals surface area contributed by atoms with E-state index in [1.54, 1.807) is 5.38 Å². The van der Waals surface area contributed by atoms with Gasteiger partial charge in [-0.1, -0.05) is 0 Å². The van der Waals surface area contributed by atoms with Crippen molar-refractivity contribution in [3.8, 4) is 0 Å². The molecular weight excluding hydrogens is 182 g/mol. The molecule has 3 N–H and O–H groups in total. The van der Waals surface area contributed by atoms with Crippen LogP contribution in [0.3, 0.4) is 0 Å². The number of hydrogen-bond acceptors (Lipinski definition) is 5. The van der Waals surface area contributed by atoms with E-state index in [4.69, 9.17) is 15.3 Å². The third-order valence-electron chi connectivity index (χ3n) is 1.26. The molecule has 66 valence electrons. The summed E-state index contributed by atoms with van der Waals surface area (Å²) < 4.78 is 0. The van der Waals surface area contributed by atoms with Gasteiger partial charge in [-0.2, -0.15) is 0 Å². The molecule has 0 radical (unpaired) electrons. The number of carboxylic acid groups (broad SMARTS) is 1. The van der Waals surface area contributed by atoms with Crippen LogP contribution >= 0.6 is 11.3 Å². The van der Waals surface area contributed by atoms with E-state index in [2.05, 4.69) is 4.98 Å². The van der Waals surface area contributed by atoms with E-state index in [0.717, 1.165) is 11.3 Å². The molecule has 0 bridgehead atoms. The summed E-state index contributed by atoms with van der Waals surface area (Å²) in [5, 5.41) is 28.2. The van der Waals surface area contributed by atoms with E-state index in [0.29, 0.717) is 0 Å². The normalized spacial score (nSPS) is 15.5. The Morgan fingerprint density at radius 1 is 1.58 bits per heavy atom. The average molecular weight is 189 g/mol. The molecule has 0 aliphatic heterocycles. The predicted octanol–water partition coefficient (Wildman–Crippen LogP) is -0.378. The van der Waals surface area contributed by atoms with Crippen molar-refractivity contribution in [2.45, 2.75) is 12.2 Å². The zero-order valence-corrected chi connectivity index (χ0v) is 6.73. The van der Waals surface area contributed by atoms with Gasteiger partial charge in [0.25, 0.3) is 0 Å². The summed E-state index contributed by atoms with van der Waals surface area (Å²) >= 11 is 1.09. The number of aliphatic hydroxyl groups is 2. The van der Waals surface area contributed by atoms with Gasteiger partial charge in [0.1, 0.15) is 11.1 Å². The summed E-state index contributed by atoms with van der Waals surface area (Å²) in [4.78, 5) is 13.9. The van der Waals surface area contributed by atoms with Gasteiger partial charge in [-0.15, -0.1) is 11.3 Å². The Labute approximate surface area is 71.9 Å². The van der Waals surface area contributed by atoms with Crippen LogP contribution in [0.25, 0.3) is 0 Å². The molecule has 1 rings (SSSR count). The van der Waals surface area contributed by atoms with Gasteiger partial charge in [0.15, 0.2) is 6.10 Å². The maximum Gasteiger partial charge on any atom is 0.335 e. The Bertz CT molecular complexity index is 261. The Balaban J connectivity index is 2.71. The molecule has 6 heteroatoms. The number of hydrogen-bond donors (Lipinski definition) is 3. The van der Waals surface area contributed by atoms with Crippen LogP contribution < -0.4 is 0 Å². The van der Waals surface area contributed by atoms with Crippen LogP contribution in [0.4, 0.5) is 0 Å². The van der Waals surface area contributed by atoms with Crippen molar-refractivity contribution in [1.29, 1.82) is 0 Å². The maximum absolute atomic E-state index is 10.2. The minimum absolute atomic E-state index is 0.199. The molecule has 0 aliphatic rings. The van der Waals surface area contributed by atoms with Gasteiger partial charge >= 0.3 is 5.97 Å². The summed E-state index contributed by atoms with van der Waals surface area (Å²) in [6.45, 7) is 0. The van der Waals surface area contributed by atoms with Crippen molar-refractivity contribution in [3.05, 3.63) is 16.6 Å². The fraction of sp³-hybridized carbons (Fsp3) is 0.333. The largest absolute Gasteiger partial charge is 0.479 e. The average Bonchev–Trinajstić information content (AvgIpc) is 2.53. The molecule has 0 aliphatic carbocycles. The fourth-order valence-corrected chi connectivity index (χ4v) is 1.30. The number of carbonyl (C=O) groups is 1. The second-order valence-corrected chi connectivity index (χ2v) is 3.02. The molecule has 1 aromatic heterocycles. The first-order valence-electron chi connectivity index (χ1n) is 3.11. The van der Waals surface area contributed by atoms with Crippen LogP contribution in [0.5, 0.6) is 0 Å². The van der Waals surface area contributed by atoms with Crippen LogP contribution in [0.2, 0.25) is 0 Å². The molecule has 0 saturated heterocycles. The molecule has 2 atom stereocenters. The van der Waals surface area contributed by atoms with E-state index in [1.807, 2.05) is 0 Å². The van der Waals surface area contributed by atoms with Crippen LogP contribution in [0, 0.1) is 0 Å². The van der Waals surface area contributed by atoms with Crippen LogP contribution in [-0.4, -0.2) is 32.4 Å². The number of rotatable bonds is 3. The van der Waals surface area contributed by atoms with Crippen molar-refractivity contribution in [2.24, 2.45) is 0 Å². The summed E-state index contributed by atoms with van der Waals surface area (Å²) in [5.41, 5.74) is 0. The first kappa shape index (κ1) is 9.11. The fourth-order valence-electron chi connectivity index (χ4n) is 0.651. The van der Waals surface area contributed by atoms with E-state index >= 15 is 0 Å². The Morgan fingerprint density at radius 3 is 2.67 bits per heavy atom. The second kappa shape index (κ2) is 3.61. The number of nitrogens with zero attached hydrogens (tertiary/aromatic N) is 1. The van der Waals surface area contributed by atoms with Gasteiger partial charge < -0.3 is 15.3 Å². The molecular formula is C6H7NO4S. The molecule has 0 spiro atoms. The highest BCUT2D eigenvalue weighted by Crippen LogP contribution is 2.18. The minimum atomic E-state index is -1.81. The van der Waals surface area contributed by atoms with Gasteiger partial charge in [-0.25, -0.2) is 9.78 Å². The summed E-state index contributed by atoms with van der Waals surface area (Å²) in [6.07, 6.45) is -1.82. The third kappa shape index (κ3) is 1.79. The molecule has 12 heavy (non-hydrogen) atoms. The van der Waals surface area contributed by atoms with Crippen LogP contribution in [0.1, 0.15) is 11.1 Å².